The van der Waals surface area contributed by atoms with Crippen molar-refractivity contribution < 1.29 is 23.9 Å². The van der Waals surface area contributed by atoms with Gasteiger partial charge in [-0.3, -0.25) is 14.6 Å². The number of hydrogen-bond acceptors (Lipinski definition) is 5. The molecule has 3 heterocycles. The van der Waals surface area contributed by atoms with Gasteiger partial charge in [-0.2, -0.15) is 0 Å². The Morgan fingerprint density at radius 1 is 0.800 bits per heavy atom. The summed E-state index contributed by atoms with van der Waals surface area (Å²) in [6.07, 6.45) is -0.0125. The summed E-state index contributed by atoms with van der Waals surface area (Å²) in [6, 6.07) is 24.9. The van der Waals surface area contributed by atoms with Gasteiger partial charge < -0.3 is 14.4 Å². The van der Waals surface area contributed by atoms with E-state index >= 15 is 4.79 Å². The van der Waals surface area contributed by atoms with Gasteiger partial charge in [0.25, 0.3) is 0 Å². The number of likely N-dealkylation sites (tertiary alicyclic amines) is 1. The van der Waals surface area contributed by atoms with Crippen molar-refractivity contribution in [3.8, 4) is 0 Å². The highest BCUT2D eigenvalue weighted by atomic mass is 16.6. The van der Waals surface area contributed by atoms with Crippen molar-refractivity contribution in [2.45, 2.75) is 82.7 Å². The van der Waals surface area contributed by atoms with Gasteiger partial charge >= 0.3 is 12.2 Å². The summed E-state index contributed by atoms with van der Waals surface area (Å²) in [5, 5.41) is 0. The summed E-state index contributed by atoms with van der Waals surface area (Å²) in [7, 11) is 0. The number of para-hydroxylation sites is 2. The molecule has 45 heavy (non-hydrogen) atoms. The number of ether oxygens (including phenoxy) is 2. The molecule has 6 rings (SSSR count). The molecule has 3 aliphatic heterocycles. The van der Waals surface area contributed by atoms with Crippen LogP contribution < -0.4 is 9.80 Å². The maximum atomic E-state index is 15.2. The number of anilines is 2. The summed E-state index contributed by atoms with van der Waals surface area (Å²) >= 11 is 0. The molecule has 3 aliphatic rings. The Balaban J connectivity index is 1.65. The smallest absolute Gasteiger partial charge is 0.416 e. The van der Waals surface area contributed by atoms with E-state index in [0.717, 1.165) is 11.1 Å². The largest absolute Gasteiger partial charge is 0.443 e. The number of piperidine rings is 1. The first-order valence-electron chi connectivity index (χ1n) is 15.5. The minimum absolute atomic E-state index is 0.130. The number of carbonyl (C=O) groups is 3. The molecule has 3 aromatic rings. The van der Waals surface area contributed by atoms with Crippen LogP contribution in [0.4, 0.5) is 21.0 Å². The van der Waals surface area contributed by atoms with Crippen molar-refractivity contribution in [3.63, 3.8) is 0 Å². The van der Waals surface area contributed by atoms with Gasteiger partial charge in [0.2, 0.25) is 5.91 Å². The molecule has 0 bridgehead atoms. The van der Waals surface area contributed by atoms with Crippen LogP contribution in [0.1, 0.15) is 64.7 Å². The summed E-state index contributed by atoms with van der Waals surface area (Å²) in [5.41, 5.74) is -0.526. The fourth-order valence-corrected chi connectivity index (χ4v) is 7.48. The van der Waals surface area contributed by atoms with Crippen LogP contribution in [-0.4, -0.2) is 46.9 Å². The molecule has 1 spiro atoms. The Morgan fingerprint density at radius 2 is 1.29 bits per heavy atom. The molecule has 1 saturated heterocycles. The molecule has 0 aliphatic carbocycles. The number of rotatable bonds is 3. The minimum Gasteiger partial charge on any atom is -0.443 e. The molecular weight excluding hydrogens is 566 g/mol. The van der Waals surface area contributed by atoms with Crippen molar-refractivity contribution in [2.75, 3.05) is 16.3 Å². The first kappa shape index (κ1) is 30.4. The van der Waals surface area contributed by atoms with Crippen molar-refractivity contribution in [3.05, 3.63) is 108 Å². The molecule has 0 unspecified atom stereocenters. The van der Waals surface area contributed by atoms with Crippen LogP contribution in [0.2, 0.25) is 0 Å². The van der Waals surface area contributed by atoms with Gasteiger partial charge in [0.05, 0.1) is 16.8 Å². The quantitative estimate of drug-likeness (QED) is 0.292. The van der Waals surface area contributed by atoms with E-state index in [2.05, 4.69) is 6.58 Å². The van der Waals surface area contributed by atoms with Crippen LogP contribution in [0.25, 0.3) is 0 Å². The lowest BCUT2D eigenvalue weighted by Gasteiger charge is -2.60. The van der Waals surface area contributed by atoms with E-state index < -0.39 is 40.4 Å². The van der Waals surface area contributed by atoms with Crippen LogP contribution in [0.3, 0.4) is 0 Å². The van der Waals surface area contributed by atoms with Gasteiger partial charge in [-0.05, 0) is 76.8 Å². The van der Waals surface area contributed by atoms with Gasteiger partial charge in [0.15, 0.2) is 0 Å². The maximum Gasteiger partial charge on any atom is 0.416 e. The molecule has 3 amide bonds. The summed E-state index contributed by atoms with van der Waals surface area (Å²) < 4.78 is 12.0. The van der Waals surface area contributed by atoms with Crippen molar-refractivity contribution in [2.24, 2.45) is 0 Å². The highest BCUT2D eigenvalue weighted by Crippen LogP contribution is 2.65. The third kappa shape index (κ3) is 4.61. The fraction of sp³-hybridized carbons (Fsp3) is 0.378. The fourth-order valence-electron chi connectivity index (χ4n) is 7.48. The lowest BCUT2D eigenvalue weighted by atomic mass is 9.50. The predicted molar refractivity (Wildman–Crippen MR) is 174 cm³/mol. The number of benzene rings is 3. The first-order chi connectivity index (χ1) is 21.2. The van der Waals surface area contributed by atoms with E-state index in [1.165, 1.54) is 0 Å². The third-order valence-corrected chi connectivity index (χ3v) is 8.97. The van der Waals surface area contributed by atoms with E-state index in [1.807, 2.05) is 125 Å². The SMILES string of the molecule is C=C[C@@]12C(=O)N(Cc3ccccc3)CC[C@@]13c1ccccc1N(C(=O)OC(C)(C)C)[C@H]3N(C(=O)OC(C)(C)C)c1ccccc12. The Bertz CT molecular complexity index is 1670. The molecular formula is C37H41N3O5. The standard InChI is InChI=1S/C37H41N3O5/c1-8-36-26-18-12-14-20-28(26)39(32(42)44-34(2,3)4)30-37(36,22-23-38(31(36)41)24-25-16-10-9-11-17-25)27-19-13-15-21-29(27)40(30)33(43)45-35(5,6)7/h8-21,30H,1,22-24H2,2-7H3/t30-,36-,37+/m1/s1. The van der Waals surface area contributed by atoms with Crippen LogP contribution in [0.15, 0.2) is 91.5 Å². The number of nitrogens with zero attached hydrogens (tertiary/aromatic N) is 3. The van der Waals surface area contributed by atoms with Crippen molar-refractivity contribution in [1.29, 1.82) is 0 Å². The van der Waals surface area contributed by atoms with E-state index in [4.69, 9.17) is 9.47 Å². The zero-order chi connectivity index (χ0) is 32.4. The summed E-state index contributed by atoms with van der Waals surface area (Å²) in [5.74, 6) is -0.130. The Morgan fingerprint density at radius 3 is 1.82 bits per heavy atom. The molecule has 1 fully saturated rings. The lowest BCUT2D eigenvalue weighted by molar-refractivity contribution is -0.144. The zero-order valence-corrected chi connectivity index (χ0v) is 26.9. The molecule has 3 aromatic carbocycles. The van der Waals surface area contributed by atoms with Gasteiger partial charge in [0.1, 0.15) is 22.8 Å². The Hall–Kier alpha value is -4.59. The van der Waals surface area contributed by atoms with Crippen LogP contribution in [0, 0.1) is 0 Å². The second-order valence-corrected chi connectivity index (χ2v) is 14.1. The average molecular weight is 608 g/mol. The second kappa shape index (κ2) is 10.5. The normalized spacial score (nSPS) is 23.8. The van der Waals surface area contributed by atoms with Gasteiger partial charge in [-0.15, -0.1) is 6.58 Å². The lowest BCUT2D eigenvalue weighted by Crippen LogP contribution is -2.75. The van der Waals surface area contributed by atoms with E-state index in [1.54, 1.807) is 15.9 Å². The molecule has 8 nitrogen and oxygen atoms in total. The van der Waals surface area contributed by atoms with E-state index in [0.29, 0.717) is 36.4 Å². The van der Waals surface area contributed by atoms with Crippen LogP contribution in [0.5, 0.6) is 0 Å². The molecule has 0 saturated carbocycles. The topological polar surface area (TPSA) is 79.4 Å². The third-order valence-electron chi connectivity index (χ3n) is 8.97. The molecule has 0 N–H and O–H groups in total. The highest BCUT2D eigenvalue weighted by Gasteiger charge is 2.74. The summed E-state index contributed by atoms with van der Waals surface area (Å²) in [6.45, 7) is 16.0. The highest BCUT2D eigenvalue weighted by molar-refractivity contribution is 6.06. The molecule has 234 valence electrons. The molecule has 0 aromatic heterocycles. The minimum atomic E-state index is -1.33. The number of hydrogen-bond donors (Lipinski definition) is 0. The summed E-state index contributed by atoms with van der Waals surface area (Å²) in [4.78, 5) is 48.9. The monoisotopic (exact) mass is 607 g/mol. The Labute approximate surface area is 265 Å². The number of fused-ring (bicyclic) bond motifs is 3. The molecule has 0 radical (unpaired) electrons. The first-order valence-corrected chi connectivity index (χ1v) is 15.5. The number of amides is 3. The maximum absolute atomic E-state index is 15.2. The predicted octanol–water partition coefficient (Wildman–Crippen LogP) is 7.32. The van der Waals surface area contributed by atoms with Crippen molar-refractivity contribution in [1.82, 2.24) is 4.90 Å². The van der Waals surface area contributed by atoms with Crippen LogP contribution >= 0.6 is 0 Å². The van der Waals surface area contributed by atoms with Crippen molar-refractivity contribution >= 4 is 29.5 Å². The second-order valence-electron chi connectivity index (χ2n) is 14.1. The van der Waals surface area contributed by atoms with E-state index in [-0.39, 0.29) is 5.91 Å². The Kier molecular flexibility index (Phi) is 7.10. The van der Waals surface area contributed by atoms with Gasteiger partial charge in [0, 0.05) is 13.1 Å². The number of carbonyl (C=O) groups excluding carboxylic acids is 3. The average Bonchev–Trinajstić information content (AvgIpc) is 3.26. The zero-order valence-electron chi connectivity index (χ0n) is 26.9. The van der Waals surface area contributed by atoms with E-state index in [9.17, 15) is 9.59 Å². The molecule has 8 heteroatoms. The van der Waals surface area contributed by atoms with Gasteiger partial charge in [-0.1, -0.05) is 72.8 Å². The van der Waals surface area contributed by atoms with Gasteiger partial charge in [-0.25, -0.2) is 9.59 Å². The van der Waals surface area contributed by atoms with Crippen LogP contribution in [-0.2, 0) is 31.6 Å². The molecule has 3 atom stereocenters.